The van der Waals surface area contributed by atoms with Crippen LogP contribution in [0.3, 0.4) is 0 Å². The van der Waals surface area contributed by atoms with Gasteiger partial charge in [0.25, 0.3) is 0 Å². The Morgan fingerprint density at radius 1 is 0.304 bits per heavy atom. The summed E-state index contributed by atoms with van der Waals surface area (Å²) in [6.45, 7) is 6.33. The summed E-state index contributed by atoms with van der Waals surface area (Å²) in [7, 11) is 0. The van der Waals surface area contributed by atoms with Gasteiger partial charge in [-0.1, -0.05) is 212 Å². The van der Waals surface area contributed by atoms with Crippen molar-refractivity contribution in [2.45, 2.75) is 219 Å². The van der Waals surface area contributed by atoms with Gasteiger partial charge < -0.3 is 14.2 Å². The third-order valence-electron chi connectivity index (χ3n) is 10.8. The minimum atomic E-state index is -0.853. The fraction of sp³-hybridized carbons (Fsp3) is 0.571. The van der Waals surface area contributed by atoms with Gasteiger partial charge in [0.05, 0.1) is 0 Å². The highest BCUT2D eigenvalue weighted by Crippen LogP contribution is 2.11. The number of allylic oxidation sites excluding steroid dienone is 24. The number of ether oxygens (including phenoxy) is 3. The summed E-state index contributed by atoms with van der Waals surface area (Å²) < 4.78 is 16.7. The molecule has 0 aliphatic rings. The number of hydrogen-bond donors (Lipinski definition) is 0. The molecule has 0 unspecified atom stereocenters. The number of carbonyl (C=O) groups is 3. The molecule has 69 heavy (non-hydrogen) atoms. The number of unbranched alkanes of at least 4 members (excludes halogenated alkanes) is 12. The first-order valence-electron chi connectivity index (χ1n) is 27.3. The van der Waals surface area contributed by atoms with E-state index in [0.717, 1.165) is 109 Å². The van der Waals surface area contributed by atoms with Crippen molar-refractivity contribution in [1.29, 1.82) is 0 Å². The van der Waals surface area contributed by atoms with Crippen molar-refractivity contribution in [3.05, 3.63) is 146 Å². The van der Waals surface area contributed by atoms with Gasteiger partial charge >= 0.3 is 17.9 Å². The lowest BCUT2D eigenvalue weighted by atomic mass is 10.1. The van der Waals surface area contributed by atoms with E-state index < -0.39 is 12.1 Å². The average molecular weight is 951 g/mol. The number of hydrogen-bond acceptors (Lipinski definition) is 6. The van der Waals surface area contributed by atoms with Gasteiger partial charge in [-0.15, -0.1) is 0 Å². The van der Waals surface area contributed by atoms with E-state index in [9.17, 15) is 14.4 Å². The molecule has 0 aliphatic carbocycles. The Kier molecular flexibility index (Phi) is 52.1. The molecule has 0 aliphatic heterocycles. The summed E-state index contributed by atoms with van der Waals surface area (Å²) in [5.74, 6) is -1.11. The molecule has 0 radical (unpaired) electrons. The molecule has 0 N–H and O–H groups in total. The van der Waals surface area contributed by atoms with E-state index in [0.29, 0.717) is 19.3 Å². The van der Waals surface area contributed by atoms with Crippen molar-refractivity contribution >= 4 is 17.9 Å². The van der Waals surface area contributed by atoms with E-state index in [1.54, 1.807) is 0 Å². The fourth-order valence-corrected chi connectivity index (χ4v) is 6.72. The first-order valence-corrected chi connectivity index (χ1v) is 27.3. The van der Waals surface area contributed by atoms with Crippen molar-refractivity contribution in [3.8, 4) is 0 Å². The van der Waals surface area contributed by atoms with Gasteiger partial charge in [-0.3, -0.25) is 14.4 Å². The highest BCUT2D eigenvalue weighted by molar-refractivity contribution is 5.71. The van der Waals surface area contributed by atoms with Gasteiger partial charge in [0.2, 0.25) is 0 Å². The first-order chi connectivity index (χ1) is 34.0. The van der Waals surface area contributed by atoms with Crippen LogP contribution in [0, 0.1) is 0 Å². The number of carbonyl (C=O) groups excluding carboxylic acids is 3. The van der Waals surface area contributed by atoms with Gasteiger partial charge in [0.15, 0.2) is 6.10 Å². The lowest BCUT2D eigenvalue weighted by Crippen LogP contribution is -2.30. The van der Waals surface area contributed by atoms with Gasteiger partial charge in [-0.05, 0) is 128 Å². The molecule has 0 saturated carbocycles. The summed E-state index contributed by atoms with van der Waals surface area (Å²) in [6.07, 6.45) is 79.9. The standard InChI is InChI=1S/C63H98O6/c1-4-7-10-13-16-19-22-25-28-30-31-33-36-39-42-45-48-51-54-57-63(66)69-60(58-67-61(64)55-52-49-46-43-40-37-34-27-24-21-18-15-12-9-6-3)59-68-62(65)56-53-50-47-44-41-38-35-32-29-26-23-20-17-14-11-8-5-2/h8,11,16-21,25-29,31,33-35,38-39,42,44,47-48,51,60H,4-7,9-10,12-15,22-24,30,32,36-37,40-41,43,45-46,49-50,52-59H2,1-3H3/b11-8-,19-16-,20-17-,21-18-,28-25-,29-26-,33-31-,34-27-,38-35-,42-39-,47-44-,51-48-/t60-/m0/s1. The SMILES string of the molecule is CC/C=C\C/C=C\C/C=C\C/C=C\C/C=C\CCCC(=O)OC[C@H](COC(=O)CCCCCCC/C=C\C/C=C\CCCCC)OC(=O)CC/C=C\C/C=C\C/C=C\C/C=C\C/C=C\CCCCC. The van der Waals surface area contributed by atoms with Crippen molar-refractivity contribution in [3.63, 3.8) is 0 Å². The number of rotatable bonds is 47. The van der Waals surface area contributed by atoms with E-state index in [4.69, 9.17) is 14.2 Å². The second kappa shape index (κ2) is 55.9. The molecule has 0 amide bonds. The molecule has 0 aromatic carbocycles. The molecule has 0 saturated heterocycles. The Morgan fingerprint density at radius 2 is 0.609 bits per heavy atom. The lowest BCUT2D eigenvalue weighted by molar-refractivity contribution is -0.166. The molecule has 1 atom stereocenters. The van der Waals surface area contributed by atoms with E-state index in [1.807, 2.05) is 12.2 Å². The summed E-state index contributed by atoms with van der Waals surface area (Å²) in [6, 6.07) is 0. The molecule has 0 heterocycles. The van der Waals surface area contributed by atoms with Crippen LogP contribution in [0.15, 0.2) is 146 Å². The zero-order valence-corrected chi connectivity index (χ0v) is 44.0. The Labute approximate surface area is 423 Å². The van der Waals surface area contributed by atoms with Crippen LogP contribution in [0.4, 0.5) is 0 Å². The highest BCUT2D eigenvalue weighted by atomic mass is 16.6. The molecule has 0 rings (SSSR count). The van der Waals surface area contributed by atoms with Crippen molar-refractivity contribution < 1.29 is 28.6 Å². The fourth-order valence-electron chi connectivity index (χ4n) is 6.72. The number of esters is 3. The second-order valence-electron chi connectivity index (χ2n) is 17.4. The summed E-state index contributed by atoms with van der Waals surface area (Å²) in [4.78, 5) is 38.0. The van der Waals surface area contributed by atoms with Crippen molar-refractivity contribution in [2.24, 2.45) is 0 Å². The first kappa shape index (κ1) is 64.3. The molecular weight excluding hydrogens is 853 g/mol. The quantitative estimate of drug-likeness (QED) is 0.0262. The normalized spacial score (nSPS) is 13.3. The van der Waals surface area contributed by atoms with E-state index in [2.05, 4.69) is 154 Å². The predicted molar refractivity (Wildman–Crippen MR) is 297 cm³/mol. The summed E-state index contributed by atoms with van der Waals surface area (Å²) in [5.41, 5.74) is 0. The molecule has 0 aromatic rings. The minimum absolute atomic E-state index is 0.139. The topological polar surface area (TPSA) is 78.9 Å². The third-order valence-corrected chi connectivity index (χ3v) is 10.8. The monoisotopic (exact) mass is 951 g/mol. The van der Waals surface area contributed by atoms with E-state index in [1.165, 1.54) is 51.4 Å². The summed E-state index contributed by atoms with van der Waals surface area (Å²) >= 11 is 0. The maximum atomic E-state index is 12.8. The van der Waals surface area contributed by atoms with Gasteiger partial charge in [-0.2, -0.15) is 0 Å². The van der Waals surface area contributed by atoms with E-state index in [-0.39, 0.29) is 38.0 Å². The Morgan fingerprint density at radius 3 is 1.00 bits per heavy atom. The Balaban J connectivity index is 4.65. The van der Waals surface area contributed by atoms with Crippen molar-refractivity contribution in [1.82, 2.24) is 0 Å². The molecule has 0 spiro atoms. The molecule has 0 fully saturated rings. The van der Waals surface area contributed by atoms with Crippen LogP contribution in [0.5, 0.6) is 0 Å². The van der Waals surface area contributed by atoms with Crippen LogP contribution >= 0.6 is 0 Å². The zero-order chi connectivity index (χ0) is 50.0. The zero-order valence-electron chi connectivity index (χ0n) is 44.0. The molecule has 0 aromatic heterocycles. The van der Waals surface area contributed by atoms with Crippen molar-refractivity contribution in [2.75, 3.05) is 13.2 Å². The van der Waals surface area contributed by atoms with Crippen LogP contribution in [-0.4, -0.2) is 37.2 Å². The maximum absolute atomic E-state index is 12.8. The Hall–Kier alpha value is -4.71. The van der Waals surface area contributed by atoms with E-state index >= 15 is 0 Å². The largest absolute Gasteiger partial charge is 0.462 e. The van der Waals surface area contributed by atoms with Crippen LogP contribution in [0.2, 0.25) is 0 Å². The molecule has 386 valence electrons. The molecular formula is C63H98O6. The second-order valence-corrected chi connectivity index (χ2v) is 17.4. The predicted octanol–water partition coefficient (Wildman–Crippen LogP) is 18.4. The average Bonchev–Trinajstić information content (AvgIpc) is 3.35. The molecule has 6 heteroatoms. The minimum Gasteiger partial charge on any atom is -0.462 e. The van der Waals surface area contributed by atoms with Crippen LogP contribution in [0.25, 0.3) is 0 Å². The van der Waals surface area contributed by atoms with Crippen LogP contribution in [-0.2, 0) is 28.6 Å². The molecule has 6 nitrogen and oxygen atoms in total. The Bertz CT molecular complexity index is 1560. The van der Waals surface area contributed by atoms with Gasteiger partial charge in [0.1, 0.15) is 13.2 Å². The lowest BCUT2D eigenvalue weighted by Gasteiger charge is -2.18. The molecule has 0 bridgehead atoms. The van der Waals surface area contributed by atoms with Gasteiger partial charge in [0, 0.05) is 19.3 Å². The van der Waals surface area contributed by atoms with Crippen LogP contribution in [0.1, 0.15) is 213 Å². The maximum Gasteiger partial charge on any atom is 0.306 e. The highest BCUT2D eigenvalue weighted by Gasteiger charge is 2.19. The van der Waals surface area contributed by atoms with Crippen LogP contribution < -0.4 is 0 Å². The smallest absolute Gasteiger partial charge is 0.306 e. The van der Waals surface area contributed by atoms with Gasteiger partial charge in [-0.25, -0.2) is 0 Å². The third kappa shape index (κ3) is 54.1. The summed E-state index contributed by atoms with van der Waals surface area (Å²) in [5, 5.41) is 0.